The number of fused-ring (bicyclic) bond motifs is 1. The number of carbonyl (C=O) groups is 1. The Kier molecular flexibility index (Phi) is 6.46. The second-order valence-corrected chi connectivity index (χ2v) is 7.17. The van der Waals surface area contributed by atoms with Gasteiger partial charge in [-0.25, -0.2) is 0 Å². The van der Waals surface area contributed by atoms with E-state index in [-0.39, 0.29) is 5.43 Å². The first kappa shape index (κ1) is 21.2. The van der Waals surface area contributed by atoms with Crippen LogP contribution in [-0.4, -0.2) is 49.3 Å². The van der Waals surface area contributed by atoms with Crippen molar-refractivity contribution >= 4 is 16.9 Å². The van der Waals surface area contributed by atoms with Gasteiger partial charge in [-0.1, -0.05) is 0 Å². The molecule has 1 aliphatic rings. The largest absolute Gasteiger partial charge is 0.493 e. The van der Waals surface area contributed by atoms with E-state index in [0.717, 1.165) is 13.0 Å². The molecule has 1 saturated heterocycles. The van der Waals surface area contributed by atoms with Gasteiger partial charge in [0.25, 0.3) is 0 Å². The smallest absolute Gasteiger partial charge is 0.471 e. The van der Waals surface area contributed by atoms with Crippen molar-refractivity contribution in [2.24, 2.45) is 0 Å². The molecule has 9 heteroatoms. The van der Waals surface area contributed by atoms with Crippen molar-refractivity contribution in [1.82, 2.24) is 10.2 Å². The molecule has 1 aromatic heterocycles. The summed E-state index contributed by atoms with van der Waals surface area (Å²) in [5.74, 6) is -0.722. The van der Waals surface area contributed by atoms with E-state index in [4.69, 9.17) is 9.15 Å². The Morgan fingerprint density at radius 2 is 2.00 bits per heavy atom. The van der Waals surface area contributed by atoms with Crippen LogP contribution in [0.5, 0.6) is 5.75 Å². The molecule has 3 rings (SSSR count). The zero-order chi connectivity index (χ0) is 21.0. The SMILES string of the molecule is Cc1cc(=O)c2ccc(OCCCN3CCC(NC(=O)C(F)(F)F)CC3)cc2o1. The minimum Gasteiger partial charge on any atom is -0.493 e. The van der Waals surface area contributed by atoms with Crippen LogP contribution in [0.4, 0.5) is 13.2 Å². The highest BCUT2D eigenvalue weighted by atomic mass is 19.4. The first-order valence-corrected chi connectivity index (χ1v) is 9.50. The van der Waals surface area contributed by atoms with Gasteiger partial charge in [0.2, 0.25) is 0 Å². The Balaban J connectivity index is 1.40. The molecule has 0 saturated carbocycles. The third-order valence-electron chi connectivity index (χ3n) is 4.89. The number of halogens is 3. The summed E-state index contributed by atoms with van der Waals surface area (Å²) in [7, 11) is 0. The molecule has 0 spiro atoms. The van der Waals surface area contributed by atoms with Gasteiger partial charge in [-0.05, 0) is 38.3 Å². The van der Waals surface area contributed by atoms with Gasteiger partial charge in [0.15, 0.2) is 5.43 Å². The number of aryl methyl sites for hydroxylation is 1. The lowest BCUT2D eigenvalue weighted by Gasteiger charge is -2.32. The number of piperidine rings is 1. The number of benzene rings is 1. The molecule has 0 atom stereocenters. The van der Waals surface area contributed by atoms with Crippen LogP contribution in [0.25, 0.3) is 11.0 Å². The lowest BCUT2D eigenvalue weighted by molar-refractivity contribution is -0.174. The molecule has 1 aromatic carbocycles. The number of carbonyl (C=O) groups excluding carboxylic acids is 1. The fourth-order valence-electron chi connectivity index (χ4n) is 3.39. The van der Waals surface area contributed by atoms with Crippen molar-refractivity contribution in [3.8, 4) is 5.75 Å². The zero-order valence-corrected chi connectivity index (χ0v) is 16.1. The summed E-state index contributed by atoms with van der Waals surface area (Å²) in [4.78, 5) is 25.0. The molecular formula is C20H23F3N2O4. The minimum atomic E-state index is -4.83. The normalized spacial score (nSPS) is 16.1. The van der Waals surface area contributed by atoms with Crippen LogP contribution < -0.4 is 15.5 Å². The van der Waals surface area contributed by atoms with Crippen LogP contribution in [0.1, 0.15) is 25.0 Å². The number of amides is 1. The Hall–Kier alpha value is -2.55. The van der Waals surface area contributed by atoms with E-state index < -0.39 is 18.1 Å². The molecular weight excluding hydrogens is 389 g/mol. The number of likely N-dealkylation sites (tertiary alicyclic amines) is 1. The summed E-state index contributed by atoms with van der Waals surface area (Å²) in [6, 6.07) is 6.10. The van der Waals surface area contributed by atoms with Crippen molar-refractivity contribution in [3.63, 3.8) is 0 Å². The van der Waals surface area contributed by atoms with Gasteiger partial charge >= 0.3 is 12.1 Å². The molecule has 1 amide bonds. The number of hydrogen-bond acceptors (Lipinski definition) is 5. The van der Waals surface area contributed by atoms with Crippen LogP contribution in [0.15, 0.2) is 33.5 Å². The van der Waals surface area contributed by atoms with E-state index in [1.165, 1.54) is 6.07 Å². The molecule has 2 heterocycles. The van der Waals surface area contributed by atoms with Gasteiger partial charge in [-0.3, -0.25) is 9.59 Å². The van der Waals surface area contributed by atoms with Gasteiger partial charge in [0.1, 0.15) is 17.1 Å². The van der Waals surface area contributed by atoms with E-state index in [9.17, 15) is 22.8 Å². The molecule has 1 N–H and O–H groups in total. The van der Waals surface area contributed by atoms with E-state index in [1.807, 2.05) is 5.32 Å². The zero-order valence-electron chi connectivity index (χ0n) is 16.1. The predicted octanol–water partition coefficient (Wildman–Crippen LogP) is 3.01. The summed E-state index contributed by atoms with van der Waals surface area (Å²) >= 11 is 0. The molecule has 0 bridgehead atoms. The first-order valence-electron chi connectivity index (χ1n) is 9.50. The van der Waals surface area contributed by atoms with E-state index in [2.05, 4.69) is 4.90 Å². The number of nitrogens with one attached hydrogen (secondary N) is 1. The maximum absolute atomic E-state index is 12.3. The van der Waals surface area contributed by atoms with Crippen LogP contribution in [-0.2, 0) is 4.79 Å². The van der Waals surface area contributed by atoms with Gasteiger partial charge < -0.3 is 19.4 Å². The Morgan fingerprint density at radius 3 is 2.69 bits per heavy atom. The Bertz CT molecular complexity index is 918. The highest BCUT2D eigenvalue weighted by Crippen LogP contribution is 2.20. The van der Waals surface area contributed by atoms with E-state index in [1.54, 1.807) is 25.1 Å². The average Bonchev–Trinajstić information content (AvgIpc) is 2.65. The van der Waals surface area contributed by atoms with Crippen molar-refractivity contribution in [2.45, 2.75) is 38.4 Å². The Labute approximate surface area is 165 Å². The highest BCUT2D eigenvalue weighted by Gasteiger charge is 2.40. The Morgan fingerprint density at radius 1 is 1.28 bits per heavy atom. The summed E-state index contributed by atoms with van der Waals surface area (Å²) in [6.45, 7) is 4.19. The lowest BCUT2D eigenvalue weighted by Crippen LogP contribution is -2.48. The van der Waals surface area contributed by atoms with Gasteiger partial charge in [0.05, 0.1) is 12.0 Å². The van der Waals surface area contributed by atoms with Crippen molar-refractivity contribution < 1.29 is 27.1 Å². The molecule has 1 aliphatic heterocycles. The standard InChI is InChI=1S/C20H23F3N2O4/c1-13-11-17(26)16-4-3-15(12-18(16)29-13)28-10-2-7-25-8-5-14(6-9-25)24-19(27)20(21,22)23/h3-4,11-12,14H,2,5-10H2,1H3,(H,24,27). The summed E-state index contributed by atoms with van der Waals surface area (Å²) in [5, 5.41) is 2.55. The number of ether oxygens (including phenoxy) is 1. The fraction of sp³-hybridized carbons (Fsp3) is 0.500. The van der Waals surface area contributed by atoms with Crippen molar-refractivity contribution in [1.29, 1.82) is 0 Å². The maximum atomic E-state index is 12.3. The van der Waals surface area contributed by atoms with Gasteiger partial charge in [-0.15, -0.1) is 0 Å². The average molecular weight is 412 g/mol. The molecule has 2 aromatic rings. The van der Waals surface area contributed by atoms with Crippen LogP contribution in [0.3, 0.4) is 0 Å². The second kappa shape index (κ2) is 8.86. The van der Waals surface area contributed by atoms with Gasteiger partial charge in [-0.2, -0.15) is 13.2 Å². The molecule has 0 unspecified atom stereocenters. The van der Waals surface area contributed by atoms with Crippen molar-refractivity contribution in [2.75, 3.05) is 26.2 Å². The molecule has 6 nitrogen and oxygen atoms in total. The van der Waals surface area contributed by atoms with E-state index >= 15 is 0 Å². The maximum Gasteiger partial charge on any atom is 0.471 e. The van der Waals surface area contributed by atoms with E-state index in [0.29, 0.717) is 55.0 Å². The lowest BCUT2D eigenvalue weighted by atomic mass is 10.0. The summed E-state index contributed by atoms with van der Waals surface area (Å²) in [6.07, 6.45) is -3.11. The summed E-state index contributed by atoms with van der Waals surface area (Å²) in [5.41, 5.74) is 0.389. The number of hydrogen-bond donors (Lipinski definition) is 1. The summed E-state index contributed by atoms with van der Waals surface area (Å²) < 4.78 is 48.2. The van der Waals surface area contributed by atoms with Crippen molar-refractivity contribution in [3.05, 3.63) is 40.2 Å². The van der Waals surface area contributed by atoms with Crippen LogP contribution >= 0.6 is 0 Å². The topological polar surface area (TPSA) is 71.8 Å². The fourth-order valence-corrected chi connectivity index (χ4v) is 3.39. The quantitative estimate of drug-likeness (QED) is 0.739. The molecule has 158 valence electrons. The number of rotatable bonds is 6. The highest BCUT2D eigenvalue weighted by molar-refractivity contribution is 5.82. The third kappa shape index (κ3) is 5.72. The number of alkyl halides is 3. The molecule has 29 heavy (non-hydrogen) atoms. The van der Waals surface area contributed by atoms with Crippen LogP contribution in [0.2, 0.25) is 0 Å². The molecule has 1 fully saturated rings. The van der Waals surface area contributed by atoms with Gasteiger partial charge in [0, 0.05) is 37.8 Å². The molecule has 0 radical (unpaired) electrons. The minimum absolute atomic E-state index is 0.0925. The monoisotopic (exact) mass is 412 g/mol. The first-order chi connectivity index (χ1) is 13.7. The molecule has 0 aliphatic carbocycles. The number of nitrogens with zero attached hydrogens (tertiary/aromatic N) is 1. The third-order valence-corrected chi connectivity index (χ3v) is 4.89. The predicted molar refractivity (Wildman–Crippen MR) is 101 cm³/mol. The van der Waals surface area contributed by atoms with Crippen LogP contribution in [0, 0.1) is 6.92 Å². The second-order valence-electron chi connectivity index (χ2n) is 7.17.